The van der Waals surface area contributed by atoms with Gasteiger partial charge in [0.2, 0.25) is 0 Å². The molecule has 0 radical (unpaired) electrons. The van der Waals surface area contributed by atoms with Crippen molar-refractivity contribution in [1.82, 2.24) is 14.5 Å². The van der Waals surface area contributed by atoms with Crippen LogP contribution in [0.4, 0.5) is 0 Å². The van der Waals surface area contributed by atoms with Gasteiger partial charge in [0, 0.05) is 53.5 Å². The number of nitrogens with zero attached hydrogens (tertiary/aromatic N) is 3. The Balaban J connectivity index is 1.59. The number of rotatable bonds is 4. The second-order valence-electron chi connectivity index (χ2n) is 8.37. The fraction of sp³-hybridized carbons (Fsp3) is 0.458. The van der Waals surface area contributed by atoms with Gasteiger partial charge in [0.05, 0.1) is 0 Å². The zero-order valence-electron chi connectivity index (χ0n) is 16.7. The molecule has 0 amide bonds. The Morgan fingerprint density at radius 2 is 2.00 bits per heavy atom. The lowest BCUT2D eigenvalue weighted by atomic mass is 9.96. The zero-order valence-corrected chi connectivity index (χ0v) is 16.7. The van der Waals surface area contributed by atoms with E-state index in [2.05, 4.69) is 65.6 Å². The van der Waals surface area contributed by atoms with Gasteiger partial charge in [-0.15, -0.1) is 0 Å². The first kappa shape index (κ1) is 17.0. The Hall–Kier alpha value is -2.13. The minimum atomic E-state index is 0.621. The van der Waals surface area contributed by atoms with Gasteiger partial charge in [-0.05, 0) is 69.0 Å². The average Bonchev–Trinajstić information content (AvgIpc) is 3.13. The summed E-state index contributed by atoms with van der Waals surface area (Å²) in [5, 5.41) is 1.50. The first-order chi connectivity index (χ1) is 13.2. The lowest BCUT2D eigenvalue weighted by Crippen LogP contribution is -2.37. The lowest BCUT2D eigenvalue weighted by molar-refractivity contribution is 0.186. The maximum Gasteiger partial charge on any atom is 0.0486 e. The summed E-state index contributed by atoms with van der Waals surface area (Å²) in [6.07, 6.45) is 6.96. The Morgan fingerprint density at radius 3 is 2.78 bits per heavy atom. The molecule has 0 aliphatic carbocycles. The molecule has 1 saturated heterocycles. The number of pyridine rings is 1. The van der Waals surface area contributed by atoms with Crippen LogP contribution in [0.5, 0.6) is 0 Å². The molecule has 2 atom stereocenters. The highest BCUT2D eigenvalue weighted by Gasteiger charge is 2.41. The van der Waals surface area contributed by atoms with E-state index in [1.54, 1.807) is 11.3 Å². The molecule has 3 nitrogen and oxygen atoms in total. The van der Waals surface area contributed by atoms with Crippen molar-refractivity contribution < 1.29 is 0 Å². The SMILES string of the molecule is CCN1C2CCC1c1c(n(CCc3ccc(C)nc3)c3ccc(C)cc13)C2. The molecule has 3 aromatic rings. The molecule has 1 aromatic carbocycles. The van der Waals surface area contributed by atoms with Crippen LogP contribution in [0, 0.1) is 13.8 Å². The van der Waals surface area contributed by atoms with Crippen LogP contribution in [-0.4, -0.2) is 27.0 Å². The van der Waals surface area contributed by atoms with E-state index in [9.17, 15) is 0 Å². The predicted octanol–water partition coefficient (Wildman–Crippen LogP) is 4.98. The molecule has 5 rings (SSSR count). The largest absolute Gasteiger partial charge is 0.344 e. The molecule has 140 valence electrons. The lowest BCUT2D eigenvalue weighted by Gasteiger charge is -2.35. The highest BCUT2D eigenvalue weighted by atomic mass is 15.2. The van der Waals surface area contributed by atoms with E-state index in [0.29, 0.717) is 6.04 Å². The van der Waals surface area contributed by atoms with Crippen LogP contribution in [0.3, 0.4) is 0 Å². The highest BCUT2D eigenvalue weighted by Crippen LogP contribution is 2.47. The van der Waals surface area contributed by atoms with Gasteiger partial charge in [0.1, 0.15) is 0 Å². The smallest absolute Gasteiger partial charge is 0.0486 e. The fourth-order valence-corrected chi connectivity index (χ4v) is 5.45. The monoisotopic (exact) mass is 359 g/mol. The maximum absolute atomic E-state index is 4.48. The summed E-state index contributed by atoms with van der Waals surface area (Å²) in [5.41, 5.74) is 8.45. The van der Waals surface area contributed by atoms with E-state index in [0.717, 1.165) is 24.7 Å². The van der Waals surface area contributed by atoms with Gasteiger partial charge in [-0.3, -0.25) is 9.88 Å². The maximum atomic E-state index is 4.48. The Kier molecular flexibility index (Phi) is 4.08. The molecule has 0 N–H and O–H groups in total. The van der Waals surface area contributed by atoms with Gasteiger partial charge in [0.25, 0.3) is 0 Å². The molecule has 0 spiro atoms. The molecular formula is C24H29N3. The van der Waals surface area contributed by atoms with E-state index < -0.39 is 0 Å². The molecular weight excluding hydrogens is 330 g/mol. The third-order valence-corrected chi connectivity index (χ3v) is 6.74. The molecule has 2 aliphatic rings. The first-order valence-corrected chi connectivity index (χ1v) is 10.4. The summed E-state index contributed by atoms with van der Waals surface area (Å²) in [5.74, 6) is 0. The Labute approximate surface area is 162 Å². The van der Waals surface area contributed by atoms with Crippen molar-refractivity contribution in [2.45, 2.75) is 65.1 Å². The second-order valence-corrected chi connectivity index (χ2v) is 8.37. The van der Waals surface area contributed by atoms with Gasteiger partial charge < -0.3 is 4.57 Å². The third-order valence-electron chi connectivity index (χ3n) is 6.74. The van der Waals surface area contributed by atoms with Crippen LogP contribution in [0.2, 0.25) is 0 Å². The minimum Gasteiger partial charge on any atom is -0.344 e. The quantitative estimate of drug-likeness (QED) is 0.655. The van der Waals surface area contributed by atoms with Crippen LogP contribution < -0.4 is 0 Å². The molecule has 2 aromatic heterocycles. The van der Waals surface area contributed by atoms with E-state index in [1.165, 1.54) is 47.8 Å². The van der Waals surface area contributed by atoms with Crippen molar-refractivity contribution in [3.8, 4) is 0 Å². The summed E-state index contributed by atoms with van der Waals surface area (Å²) >= 11 is 0. The number of aromatic nitrogens is 2. The number of likely N-dealkylation sites (N-methyl/N-ethyl adjacent to an activating group) is 1. The van der Waals surface area contributed by atoms with Crippen molar-refractivity contribution >= 4 is 10.9 Å². The van der Waals surface area contributed by atoms with E-state index in [4.69, 9.17) is 0 Å². The minimum absolute atomic E-state index is 0.621. The van der Waals surface area contributed by atoms with Crippen molar-refractivity contribution in [2.75, 3.05) is 6.54 Å². The predicted molar refractivity (Wildman–Crippen MR) is 111 cm³/mol. The highest BCUT2D eigenvalue weighted by molar-refractivity contribution is 5.87. The average molecular weight is 360 g/mol. The van der Waals surface area contributed by atoms with E-state index in [1.807, 2.05) is 6.20 Å². The Bertz CT molecular complexity index is 983. The van der Waals surface area contributed by atoms with Crippen molar-refractivity contribution in [3.63, 3.8) is 0 Å². The summed E-state index contributed by atoms with van der Waals surface area (Å²) < 4.78 is 2.63. The van der Waals surface area contributed by atoms with E-state index in [-0.39, 0.29) is 0 Å². The number of hydrogen-bond acceptors (Lipinski definition) is 2. The van der Waals surface area contributed by atoms with Gasteiger partial charge in [-0.25, -0.2) is 0 Å². The topological polar surface area (TPSA) is 21.1 Å². The Morgan fingerprint density at radius 1 is 1.11 bits per heavy atom. The molecule has 27 heavy (non-hydrogen) atoms. The zero-order chi connectivity index (χ0) is 18.5. The summed E-state index contributed by atoms with van der Waals surface area (Å²) in [6, 6.07) is 12.8. The van der Waals surface area contributed by atoms with Crippen molar-refractivity contribution in [2.24, 2.45) is 0 Å². The van der Waals surface area contributed by atoms with Crippen LogP contribution >= 0.6 is 0 Å². The normalized spacial score (nSPS) is 21.7. The summed E-state index contributed by atoms with van der Waals surface area (Å²) in [7, 11) is 0. The third kappa shape index (κ3) is 2.71. The molecule has 0 saturated carbocycles. The van der Waals surface area contributed by atoms with Crippen molar-refractivity contribution in [1.29, 1.82) is 0 Å². The van der Waals surface area contributed by atoms with Gasteiger partial charge >= 0.3 is 0 Å². The number of aryl methyl sites for hydroxylation is 4. The van der Waals surface area contributed by atoms with Gasteiger partial charge in [-0.1, -0.05) is 24.6 Å². The van der Waals surface area contributed by atoms with E-state index >= 15 is 0 Å². The van der Waals surface area contributed by atoms with Crippen molar-refractivity contribution in [3.05, 3.63) is 64.6 Å². The first-order valence-electron chi connectivity index (χ1n) is 10.4. The van der Waals surface area contributed by atoms with Crippen LogP contribution in [-0.2, 0) is 19.4 Å². The number of hydrogen-bond donors (Lipinski definition) is 0. The molecule has 1 fully saturated rings. The molecule has 2 bridgehead atoms. The van der Waals surface area contributed by atoms with Crippen LogP contribution in [0.25, 0.3) is 10.9 Å². The number of fused-ring (bicyclic) bond motifs is 6. The second kappa shape index (κ2) is 6.49. The molecule has 4 heterocycles. The summed E-state index contributed by atoms with van der Waals surface area (Å²) in [4.78, 5) is 7.23. The molecule has 2 unspecified atom stereocenters. The standard InChI is InChI=1S/C24H29N3/c1-4-26-19-8-10-22(26)24-20-13-16(2)5-9-21(20)27(23(24)14-19)12-11-18-7-6-17(3)25-15-18/h5-7,9,13,15,19,22H,4,8,10-12,14H2,1-3H3. The molecule has 3 heteroatoms. The number of benzene rings is 1. The summed E-state index contributed by atoms with van der Waals surface area (Å²) in [6.45, 7) is 8.81. The molecule has 2 aliphatic heterocycles. The van der Waals surface area contributed by atoms with Gasteiger partial charge in [-0.2, -0.15) is 0 Å². The van der Waals surface area contributed by atoms with Gasteiger partial charge in [0.15, 0.2) is 0 Å². The fourth-order valence-electron chi connectivity index (χ4n) is 5.45. The van der Waals surface area contributed by atoms with Crippen LogP contribution in [0.1, 0.15) is 53.9 Å². The van der Waals surface area contributed by atoms with Crippen LogP contribution in [0.15, 0.2) is 36.5 Å².